The number of rotatable bonds is 7. The lowest BCUT2D eigenvalue weighted by atomic mass is 10.2. The number of nitrogens with one attached hydrogen (secondary N) is 1. The van der Waals surface area contributed by atoms with E-state index in [1.54, 1.807) is 30.3 Å². The third kappa shape index (κ3) is 4.70. The van der Waals surface area contributed by atoms with Gasteiger partial charge in [0.15, 0.2) is 11.5 Å². The van der Waals surface area contributed by atoms with Crippen molar-refractivity contribution in [3.05, 3.63) is 72.4 Å². The number of furan rings is 1. The van der Waals surface area contributed by atoms with Crippen LogP contribution in [-0.2, 0) is 21.4 Å². The van der Waals surface area contributed by atoms with Crippen molar-refractivity contribution in [2.75, 3.05) is 25.1 Å². The molecular formula is C21H19FN2O6S. The van der Waals surface area contributed by atoms with E-state index >= 15 is 0 Å². The van der Waals surface area contributed by atoms with Gasteiger partial charge in [0.05, 0.1) is 19.4 Å². The number of anilines is 1. The van der Waals surface area contributed by atoms with Crippen molar-refractivity contribution in [3.8, 4) is 11.5 Å². The molecule has 0 unspecified atom stereocenters. The summed E-state index contributed by atoms with van der Waals surface area (Å²) in [5.74, 6) is -0.157. The molecule has 0 radical (unpaired) electrons. The first-order valence-corrected chi connectivity index (χ1v) is 10.8. The summed E-state index contributed by atoms with van der Waals surface area (Å²) in [5, 5.41) is 2.64. The molecule has 2 heterocycles. The average molecular weight is 446 g/mol. The molecule has 0 atom stereocenters. The predicted octanol–water partition coefficient (Wildman–Crippen LogP) is 3.02. The van der Waals surface area contributed by atoms with E-state index in [4.69, 9.17) is 13.9 Å². The Kier molecular flexibility index (Phi) is 5.92. The SMILES string of the molecule is O=C(CN(Cc1ccco1)S(=O)(=O)c1ccccc1F)Nc1ccc2c(c1)OCCO2. The lowest BCUT2D eigenvalue weighted by molar-refractivity contribution is -0.116. The normalized spacial score (nSPS) is 13.2. The van der Waals surface area contributed by atoms with Crippen molar-refractivity contribution in [2.45, 2.75) is 11.4 Å². The Bertz CT molecular complexity index is 1180. The molecule has 1 aliphatic rings. The largest absolute Gasteiger partial charge is 0.486 e. The molecule has 10 heteroatoms. The zero-order valence-corrected chi connectivity index (χ0v) is 17.1. The fraction of sp³-hybridized carbons (Fsp3) is 0.190. The highest BCUT2D eigenvalue weighted by molar-refractivity contribution is 7.89. The second kappa shape index (κ2) is 8.78. The quantitative estimate of drug-likeness (QED) is 0.599. The number of carbonyl (C=O) groups excluding carboxylic acids is 1. The van der Waals surface area contributed by atoms with Gasteiger partial charge in [-0.2, -0.15) is 4.31 Å². The highest BCUT2D eigenvalue weighted by Gasteiger charge is 2.30. The number of sulfonamides is 1. The number of halogens is 1. The number of hydrogen-bond acceptors (Lipinski definition) is 6. The maximum Gasteiger partial charge on any atom is 0.246 e. The molecule has 31 heavy (non-hydrogen) atoms. The maximum absolute atomic E-state index is 14.2. The lowest BCUT2D eigenvalue weighted by Crippen LogP contribution is -2.37. The van der Waals surface area contributed by atoms with E-state index in [1.807, 2.05) is 0 Å². The molecule has 0 bridgehead atoms. The molecule has 3 aromatic rings. The molecule has 1 aromatic heterocycles. The standard InChI is InChI=1S/C21H19FN2O6S/c22-17-5-1-2-6-20(17)31(26,27)24(13-16-4-3-9-28-16)14-21(25)23-15-7-8-18-19(12-15)30-11-10-29-18/h1-9,12H,10-11,13-14H2,(H,23,25). The van der Waals surface area contributed by atoms with Gasteiger partial charge < -0.3 is 19.2 Å². The summed E-state index contributed by atoms with van der Waals surface area (Å²) in [5.41, 5.74) is 0.412. The first-order valence-electron chi connectivity index (χ1n) is 9.40. The molecule has 2 aromatic carbocycles. The Balaban J connectivity index is 1.56. The third-order valence-corrected chi connectivity index (χ3v) is 6.34. The first-order chi connectivity index (χ1) is 14.9. The number of benzene rings is 2. The molecule has 1 aliphatic heterocycles. The van der Waals surface area contributed by atoms with Gasteiger partial charge in [-0.25, -0.2) is 12.8 Å². The van der Waals surface area contributed by atoms with Gasteiger partial charge >= 0.3 is 0 Å². The van der Waals surface area contributed by atoms with Gasteiger partial charge in [-0.1, -0.05) is 12.1 Å². The molecule has 0 saturated carbocycles. The maximum atomic E-state index is 14.2. The van der Waals surface area contributed by atoms with E-state index < -0.39 is 33.2 Å². The van der Waals surface area contributed by atoms with Crippen LogP contribution in [0.25, 0.3) is 0 Å². The monoisotopic (exact) mass is 446 g/mol. The minimum absolute atomic E-state index is 0.238. The number of ether oxygens (including phenoxy) is 2. The van der Waals surface area contributed by atoms with Crippen LogP contribution in [0.2, 0.25) is 0 Å². The highest BCUT2D eigenvalue weighted by Crippen LogP contribution is 2.32. The van der Waals surface area contributed by atoms with E-state index in [9.17, 15) is 17.6 Å². The van der Waals surface area contributed by atoms with Gasteiger partial charge in [-0.3, -0.25) is 4.79 Å². The molecular weight excluding hydrogens is 427 g/mol. The van der Waals surface area contributed by atoms with Crippen molar-refractivity contribution in [3.63, 3.8) is 0 Å². The molecule has 0 fully saturated rings. The van der Waals surface area contributed by atoms with Gasteiger partial charge in [-0.15, -0.1) is 0 Å². The summed E-state index contributed by atoms with van der Waals surface area (Å²) in [6.45, 7) is 0.0423. The second-order valence-electron chi connectivity index (χ2n) is 6.69. The van der Waals surface area contributed by atoms with Gasteiger partial charge in [0.1, 0.15) is 29.7 Å². The number of hydrogen-bond donors (Lipinski definition) is 1. The molecule has 1 amide bonds. The summed E-state index contributed by atoms with van der Waals surface area (Å²) >= 11 is 0. The van der Waals surface area contributed by atoms with E-state index in [2.05, 4.69) is 5.32 Å². The Morgan fingerprint density at radius 1 is 1.03 bits per heavy atom. The van der Waals surface area contributed by atoms with Crippen LogP contribution in [0.4, 0.5) is 10.1 Å². The van der Waals surface area contributed by atoms with E-state index in [-0.39, 0.29) is 6.54 Å². The summed E-state index contributed by atoms with van der Waals surface area (Å²) < 4.78 is 57.4. The van der Waals surface area contributed by atoms with Crippen LogP contribution in [0, 0.1) is 5.82 Å². The summed E-state index contributed by atoms with van der Waals surface area (Å²) in [7, 11) is -4.32. The van der Waals surface area contributed by atoms with Crippen molar-refractivity contribution in [1.82, 2.24) is 4.31 Å². The number of fused-ring (bicyclic) bond motifs is 1. The minimum Gasteiger partial charge on any atom is -0.486 e. The van der Waals surface area contributed by atoms with Gasteiger partial charge in [0, 0.05) is 11.8 Å². The molecule has 0 spiro atoms. The topological polar surface area (TPSA) is 98.1 Å². The average Bonchev–Trinajstić information content (AvgIpc) is 3.26. The van der Waals surface area contributed by atoms with Crippen LogP contribution < -0.4 is 14.8 Å². The Hall–Kier alpha value is -3.37. The zero-order chi connectivity index (χ0) is 21.8. The van der Waals surface area contributed by atoms with Crippen LogP contribution in [0.15, 0.2) is 70.2 Å². The Morgan fingerprint density at radius 2 is 1.81 bits per heavy atom. The fourth-order valence-electron chi connectivity index (χ4n) is 3.08. The molecule has 0 aliphatic carbocycles. The second-order valence-corrected chi connectivity index (χ2v) is 8.60. The van der Waals surface area contributed by atoms with Crippen LogP contribution in [0.3, 0.4) is 0 Å². The van der Waals surface area contributed by atoms with Crippen molar-refractivity contribution in [2.24, 2.45) is 0 Å². The molecule has 4 rings (SSSR count). The van der Waals surface area contributed by atoms with E-state index in [1.165, 1.54) is 18.4 Å². The van der Waals surface area contributed by atoms with Crippen molar-refractivity contribution < 1.29 is 31.5 Å². The lowest BCUT2D eigenvalue weighted by Gasteiger charge is -2.22. The third-order valence-electron chi connectivity index (χ3n) is 4.51. The number of amides is 1. The molecule has 8 nitrogen and oxygen atoms in total. The Labute approximate surface area is 178 Å². The van der Waals surface area contributed by atoms with Gasteiger partial charge in [-0.05, 0) is 36.4 Å². The minimum atomic E-state index is -4.32. The zero-order valence-electron chi connectivity index (χ0n) is 16.3. The summed E-state index contributed by atoms with van der Waals surface area (Å²) in [4.78, 5) is 12.1. The van der Waals surface area contributed by atoms with Crippen LogP contribution in [0.5, 0.6) is 11.5 Å². The number of carbonyl (C=O) groups is 1. The van der Waals surface area contributed by atoms with Crippen molar-refractivity contribution in [1.29, 1.82) is 0 Å². The van der Waals surface area contributed by atoms with Crippen LogP contribution in [0.1, 0.15) is 5.76 Å². The molecule has 1 N–H and O–H groups in total. The first kappa shape index (κ1) is 20.9. The number of nitrogens with zero attached hydrogens (tertiary/aromatic N) is 1. The summed E-state index contributed by atoms with van der Waals surface area (Å²) in [6, 6.07) is 13.0. The molecule has 162 valence electrons. The van der Waals surface area contributed by atoms with E-state index in [0.29, 0.717) is 36.2 Å². The van der Waals surface area contributed by atoms with Gasteiger partial charge in [0.25, 0.3) is 0 Å². The predicted molar refractivity (Wildman–Crippen MR) is 109 cm³/mol. The Morgan fingerprint density at radius 3 is 2.55 bits per heavy atom. The van der Waals surface area contributed by atoms with Crippen LogP contribution >= 0.6 is 0 Å². The van der Waals surface area contributed by atoms with Crippen molar-refractivity contribution >= 4 is 21.6 Å². The highest BCUT2D eigenvalue weighted by atomic mass is 32.2. The van der Waals surface area contributed by atoms with Crippen LogP contribution in [-0.4, -0.2) is 38.4 Å². The fourth-order valence-corrected chi connectivity index (χ4v) is 4.50. The molecule has 0 saturated heterocycles. The smallest absolute Gasteiger partial charge is 0.246 e. The van der Waals surface area contributed by atoms with E-state index in [0.717, 1.165) is 16.4 Å². The van der Waals surface area contributed by atoms with Gasteiger partial charge in [0.2, 0.25) is 15.9 Å². The summed E-state index contributed by atoms with van der Waals surface area (Å²) in [6.07, 6.45) is 1.39.